The average Bonchev–Trinajstić information content (AvgIpc) is 2.83. The number of Topliss-reactive ketones (excluding diaryl/α,β-unsaturated/α-hetero) is 1. The van der Waals surface area contributed by atoms with Gasteiger partial charge in [0.1, 0.15) is 10.9 Å². The van der Waals surface area contributed by atoms with E-state index < -0.39 is 10.9 Å². The van der Waals surface area contributed by atoms with Crippen LogP contribution in [0.2, 0.25) is 8.67 Å². The van der Waals surface area contributed by atoms with Gasteiger partial charge in [0.15, 0.2) is 5.78 Å². The van der Waals surface area contributed by atoms with Gasteiger partial charge in [0.05, 0.1) is 9.90 Å². The summed E-state index contributed by atoms with van der Waals surface area (Å²) >= 11 is 15.6. The van der Waals surface area contributed by atoms with Gasteiger partial charge in [-0.15, -0.1) is 11.3 Å². The molecule has 0 spiro atoms. The summed E-state index contributed by atoms with van der Waals surface area (Å²) in [6, 6.07) is 1.44. The van der Waals surface area contributed by atoms with Gasteiger partial charge in [-0.2, -0.15) is 4.68 Å². The highest BCUT2D eigenvalue weighted by atomic mass is 79.9. The smallest absolute Gasteiger partial charge is 0.390 e. The van der Waals surface area contributed by atoms with E-state index in [0.29, 0.717) is 4.34 Å². The van der Waals surface area contributed by atoms with E-state index >= 15 is 0 Å². The third-order valence-electron chi connectivity index (χ3n) is 2.03. The number of hydrogen-bond acceptors (Lipinski definition) is 6. The molecular weight excluding hydrogens is 383 g/mol. The average molecular weight is 386 g/mol. The van der Waals surface area contributed by atoms with Crippen molar-refractivity contribution in [2.75, 3.05) is 0 Å². The molecule has 0 saturated heterocycles. The number of aromatic nitrogens is 3. The van der Waals surface area contributed by atoms with Crippen molar-refractivity contribution in [3.05, 3.63) is 35.2 Å². The van der Waals surface area contributed by atoms with Crippen LogP contribution in [0.25, 0.3) is 0 Å². The molecule has 19 heavy (non-hydrogen) atoms. The Bertz CT molecular complexity index is 671. The van der Waals surface area contributed by atoms with Crippen molar-refractivity contribution in [1.29, 1.82) is 0 Å². The lowest BCUT2D eigenvalue weighted by molar-refractivity contribution is -0.394. The number of nitrogens with zero attached hydrogens (tertiary/aromatic N) is 4. The number of nitro groups is 1. The molecule has 0 aliphatic heterocycles. The molecule has 100 valence electrons. The maximum absolute atomic E-state index is 12.0. The third kappa shape index (κ3) is 3.11. The Morgan fingerprint density at radius 1 is 1.58 bits per heavy atom. The van der Waals surface area contributed by atoms with Crippen LogP contribution in [0.15, 0.2) is 10.8 Å². The van der Waals surface area contributed by atoms with Gasteiger partial charge < -0.3 is 10.1 Å². The largest absolute Gasteiger partial charge is 0.492 e. The number of rotatable bonds is 4. The van der Waals surface area contributed by atoms with E-state index in [1.54, 1.807) is 0 Å². The number of carbonyl (C=O) groups is 1. The number of halogens is 3. The van der Waals surface area contributed by atoms with E-state index in [2.05, 4.69) is 26.0 Å². The first-order valence-electron chi connectivity index (χ1n) is 4.61. The van der Waals surface area contributed by atoms with Crippen LogP contribution >= 0.6 is 50.5 Å². The molecule has 0 unspecified atom stereocenters. The Kier molecular flexibility index (Phi) is 4.19. The third-order valence-corrected chi connectivity index (χ3v) is 4.10. The van der Waals surface area contributed by atoms with E-state index in [4.69, 9.17) is 23.2 Å². The number of thiophene rings is 1. The van der Waals surface area contributed by atoms with Crippen molar-refractivity contribution in [2.24, 2.45) is 0 Å². The van der Waals surface area contributed by atoms with E-state index in [-0.39, 0.29) is 27.0 Å². The minimum atomic E-state index is -0.750. The summed E-state index contributed by atoms with van der Waals surface area (Å²) in [6.07, 6.45) is 0. The maximum Gasteiger partial charge on any atom is 0.492 e. The molecule has 0 bridgehead atoms. The van der Waals surface area contributed by atoms with Gasteiger partial charge in [0.25, 0.3) is 4.73 Å². The van der Waals surface area contributed by atoms with Gasteiger partial charge in [-0.25, -0.2) is 0 Å². The first-order valence-corrected chi connectivity index (χ1v) is 6.98. The van der Waals surface area contributed by atoms with Crippen LogP contribution in [-0.2, 0) is 6.54 Å². The SMILES string of the molecule is O=C(Cn1nc([N+](=O)[O-])nc1Br)c1cc(Cl)sc1Cl. The second-order valence-corrected chi connectivity index (χ2v) is 6.25. The summed E-state index contributed by atoms with van der Waals surface area (Å²) < 4.78 is 1.81. The number of hydrogen-bond donors (Lipinski definition) is 0. The Hall–Kier alpha value is -1.03. The minimum absolute atomic E-state index is 0.0880. The van der Waals surface area contributed by atoms with Gasteiger partial charge in [-0.05, 0) is 16.0 Å². The topological polar surface area (TPSA) is 90.9 Å². The van der Waals surface area contributed by atoms with Crippen LogP contribution in [0.1, 0.15) is 10.4 Å². The Balaban J connectivity index is 2.24. The zero-order chi connectivity index (χ0) is 14.2. The zero-order valence-corrected chi connectivity index (χ0v) is 12.8. The second-order valence-electron chi connectivity index (χ2n) is 3.26. The van der Waals surface area contributed by atoms with Crippen LogP contribution in [0.5, 0.6) is 0 Å². The number of ketones is 1. The Morgan fingerprint density at radius 2 is 2.26 bits per heavy atom. The first-order chi connectivity index (χ1) is 8.88. The molecule has 0 radical (unpaired) electrons. The highest BCUT2D eigenvalue weighted by Crippen LogP contribution is 2.31. The lowest BCUT2D eigenvalue weighted by atomic mass is 10.2. The monoisotopic (exact) mass is 384 g/mol. The van der Waals surface area contributed by atoms with Crippen LogP contribution in [0, 0.1) is 10.1 Å². The van der Waals surface area contributed by atoms with E-state index in [1.807, 2.05) is 0 Å². The molecule has 2 rings (SSSR count). The fraction of sp³-hybridized carbons (Fsp3) is 0.125. The molecule has 2 aromatic heterocycles. The molecule has 0 N–H and O–H groups in total. The molecule has 0 amide bonds. The van der Waals surface area contributed by atoms with Crippen molar-refractivity contribution in [2.45, 2.75) is 6.54 Å². The van der Waals surface area contributed by atoms with Gasteiger partial charge in [-0.1, -0.05) is 23.2 Å². The van der Waals surface area contributed by atoms with Gasteiger partial charge in [-0.3, -0.25) is 4.79 Å². The molecule has 0 atom stereocenters. The van der Waals surface area contributed by atoms with Crippen molar-refractivity contribution in [3.63, 3.8) is 0 Å². The number of carbonyl (C=O) groups excluding carboxylic acids is 1. The molecule has 0 aliphatic carbocycles. The summed E-state index contributed by atoms with van der Waals surface area (Å²) in [5, 5.41) is 14.1. The van der Waals surface area contributed by atoms with Crippen LogP contribution in [0.4, 0.5) is 5.95 Å². The summed E-state index contributed by atoms with van der Waals surface area (Å²) in [7, 11) is 0. The molecule has 0 saturated carbocycles. The molecule has 0 fully saturated rings. The molecule has 2 aromatic rings. The van der Waals surface area contributed by atoms with Crippen LogP contribution < -0.4 is 0 Å². The van der Waals surface area contributed by atoms with Crippen LogP contribution in [-0.4, -0.2) is 25.5 Å². The Morgan fingerprint density at radius 3 is 2.74 bits per heavy atom. The fourth-order valence-electron chi connectivity index (χ4n) is 1.24. The lowest BCUT2D eigenvalue weighted by Gasteiger charge is -1.96. The van der Waals surface area contributed by atoms with Crippen molar-refractivity contribution in [3.8, 4) is 0 Å². The van der Waals surface area contributed by atoms with Crippen molar-refractivity contribution >= 4 is 62.2 Å². The minimum Gasteiger partial charge on any atom is -0.390 e. The summed E-state index contributed by atoms with van der Waals surface area (Å²) in [4.78, 5) is 25.3. The molecule has 0 aliphatic rings. The fourth-order valence-corrected chi connectivity index (χ4v) is 3.10. The van der Waals surface area contributed by atoms with E-state index in [0.717, 1.165) is 16.0 Å². The van der Waals surface area contributed by atoms with Crippen molar-refractivity contribution < 1.29 is 9.72 Å². The normalized spacial score (nSPS) is 10.7. The van der Waals surface area contributed by atoms with Crippen molar-refractivity contribution in [1.82, 2.24) is 14.8 Å². The summed E-state index contributed by atoms with van der Waals surface area (Å²) in [5.41, 5.74) is 0.252. The predicted octanol–water partition coefficient (Wildman–Crippen LogP) is 3.20. The van der Waals surface area contributed by atoms with Gasteiger partial charge in [0, 0.05) is 21.0 Å². The Labute approximate surface area is 128 Å². The maximum atomic E-state index is 12.0. The molecular formula is C8H3BrCl2N4O3S. The molecule has 11 heteroatoms. The summed E-state index contributed by atoms with van der Waals surface area (Å²) in [6.45, 7) is -0.228. The zero-order valence-electron chi connectivity index (χ0n) is 8.84. The highest BCUT2D eigenvalue weighted by Gasteiger charge is 2.23. The first kappa shape index (κ1) is 14.4. The highest BCUT2D eigenvalue weighted by molar-refractivity contribution is 9.10. The molecule has 2 heterocycles. The van der Waals surface area contributed by atoms with Crippen LogP contribution in [0.3, 0.4) is 0 Å². The quantitative estimate of drug-likeness (QED) is 0.457. The van der Waals surface area contributed by atoms with E-state index in [9.17, 15) is 14.9 Å². The van der Waals surface area contributed by atoms with Gasteiger partial charge >= 0.3 is 5.95 Å². The molecule has 7 nitrogen and oxygen atoms in total. The van der Waals surface area contributed by atoms with E-state index in [1.165, 1.54) is 6.07 Å². The summed E-state index contributed by atoms with van der Waals surface area (Å²) in [5.74, 6) is -0.956. The molecule has 0 aromatic carbocycles. The second kappa shape index (κ2) is 5.53. The predicted molar refractivity (Wildman–Crippen MR) is 73.0 cm³/mol. The standard InChI is InChI=1S/C8H3BrCl2N4O3S/c9-7-12-8(15(17)18)13-14(7)2-4(16)3-1-5(10)19-6(3)11/h1H,2H2. The van der Waals surface area contributed by atoms with Gasteiger partial charge in [0.2, 0.25) is 0 Å². The lowest BCUT2D eigenvalue weighted by Crippen LogP contribution is -2.12.